The van der Waals surface area contributed by atoms with E-state index in [0.717, 1.165) is 0 Å². The van der Waals surface area contributed by atoms with Crippen LogP contribution >= 0.6 is 0 Å². The van der Waals surface area contributed by atoms with Crippen LogP contribution in [0.2, 0.25) is 0 Å². The molecule has 0 spiro atoms. The Hall–Kier alpha value is -0.520. The summed E-state index contributed by atoms with van der Waals surface area (Å²) in [5.41, 5.74) is 0. The maximum Gasteiger partial charge on any atom is 0.187 e. The van der Waals surface area contributed by atoms with Crippen LogP contribution in [0.5, 0.6) is 0 Å². The maximum absolute atomic E-state index is 10.7. The van der Waals surface area contributed by atoms with Gasteiger partial charge in [-0.15, -0.1) is 0 Å². The Morgan fingerprint density at radius 1 is 0.545 bits per heavy atom. The molecule has 194 valence electrons. The van der Waals surface area contributed by atoms with E-state index in [-0.39, 0.29) is 6.61 Å². The summed E-state index contributed by atoms with van der Waals surface area (Å²) in [6.45, 7) is 4.68. The molecule has 0 bridgehead atoms. The van der Waals surface area contributed by atoms with Crippen molar-refractivity contribution in [3.05, 3.63) is 0 Å². The molecule has 6 unspecified atom stereocenters. The second kappa shape index (κ2) is 11.0. The van der Waals surface area contributed by atoms with E-state index in [9.17, 15) is 35.7 Å². The zero-order valence-corrected chi connectivity index (χ0v) is 18.9. The molecule has 3 heterocycles. The third-order valence-corrected chi connectivity index (χ3v) is 6.42. The molecule has 33 heavy (non-hydrogen) atoms. The molecule has 3 aliphatic rings. The molecule has 3 fully saturated rings. The van der Waals surface area contributed by atoms with Crippen LogP contribution in [-0.4, -0.2) is 141 Å². The normalized spacial score (nSPS) is 53.7. The second-order valence-corrected chi connectivity index (χ2v) is 8.89. The smallest absolute Gasteiger partial charge is 0.187 e. The zero-order valence-electron chi connectivity index (χ0n) is 18.9. The first-order valence-corrected chi connectivity index (χ1v) is 11.0. The van der Waals surface area contributed by atoms with E-state index >= 15 is 0 Å². The highest BCUT2D eigenvalue weighted by atomic mass is 16.7. The van der Waals surface area contributed by atoms with Gasteiger partial charge in [0, 0.05) is 7.11 Å². The molecule has 7 N–H and O–H groups in total. The first-order chi connectivity index (χ1) is 15.5. The SMILES string of the molecule is COCC1O[C@@H](O[C@H]2C(C)O[C@@H](O[C@H]3C(C)O[C@@H](C)C(O)[C@@H]3O)C(O)[C@@H]2O)C(O)[C@H](O)[C@@H]1O. The van der Waals surface area contributed by atoms with E-state index in [1.807, 2.05) is 0 Å². The van der Waals surface area contributed by atoms with Gasteiger partial charge in [0.15, 0.2) is 12.6 Å². The summed E-state index contributed by atoms with van der Waals surface area (Å²) in [6.07, 6.45) is -18.6. The summed E-state index contributed by atoms with van der Waals surface area (Å²) in [5.74, 6) is 0. The standard InChI is InChI=1S/C20H36O13/c1-6-10(21)13(24)17(7(2)29-6)32-19-16(27)14(25)18(8(3)30-19)33-20-15(26)12(23)11(22)9(31-20)5-28-4/h6-27H,5H2,1-4H3/t6-,7?,8?,9?,10?,11+,12+,13-,14-,15?,16?,17-,18-,19-,20-/m0/s1. The Kier molecular flexibility index (Phi) is 9.05. The number of methoxy groups -OCH3 is 1. The minimum atomic E-state index is -1.64. The Morgan fingerprint density at radius 3 is 1.61 bits per heavy atom. The molecule has 0 radical (unpaired) electrons. The molecule has 15 atom stereocenters. The van der Waals surface area contributed by atoms with E-state index < -0.39 is 91.9 Å². The average molecular weight is 484 g/mol. The lowest BCUT2D eigenvalue weighted by Gasteiger charge is -2.47. The Labute approximate surface area is 191 Å². The maximum atomic E-state index is 10.7. The number of aliphatic hydroxyl groups is 7. The van der Waals surface area contributed by atoms with Crippen molar-refractivity contribution in [2.75, 3.05) is 13.7 Å². The molecule has 0 aromatic heterocycles. The van der Waals surface area contributed by atoms with Crippen LogP contribution in [0.3, 0.4) is 0 Å². The summed E-state index contributed by atoms with van der Waals surface area (Å²) in [6, 6.07) is 0. The van der Waals surface area contributed by atoms with Gasteiger partial charge >= 0.3 is 0 Å². The van der Waals surface area contributed by atoms with E-state index in [4.69, 9.17) is 28.4 Å². The van der Waals surface area contributed by atoms with E-state index in [1.54, 1.807) is 13.8 Å². The average Bonchev–Trinajstić information content (AvgIpc) is 2.77. The van der Waals surface area contributed by atoms with Crippen molar-refractivity contribution in [2.24, 2.45) is 0 Å². The van der Waals surface area contributed by atoms with Crippen molar-refractivity contribution >= 4 is 0 Å². The summed E-state index contributed by atoms with van der Waals surface area (Å²) in [4.78, 5) is 0. The molecule has 0 saturated carbocycles. The minimum Gasteiger partial charge on any atom is -0.388 e. The van der Waals surface area contributed by atoms with Gasteiger partial charge in [0.2, 0.25) is 0 Å². The third kappa shape index (κ3) is 5.51. The van der Waals surface area contributed by atoms with Crippen LogP contribution in [0.15, 0.2) is 0 Å². The van der Waals surface area contributed by atoms with E-state index in [1.165, 1.54) is 14.0 Å². The fraction of sp³-hybridized carbons (Fsp3) is 1.00. The van der Waals surface area contributed by atoms with E-state index in [0.29, 0.717) is 0 Å². The van der Waals surface area contributed by atoms with Crippen LogP contribution in [0.25, 0.3) is 0 Å². The minimum absolute atomic E-state index is 0.0863. The lowest BCUT2D eigenvalue weighted by atomic mass is 9.95. The highest BCUT2D eigenvalue weighted by Crippen LogP contribution is 2.32. The summed E-state index contributed by atoms with van der Waals surface area (Å²) in [7, 11) is 1.37. The topological polar surface area (TPSA) is 197 Å². The lowest BCUT2D eigenvalue weighted by molar-refractivity contribution is -0.367. The largest absolute Gasteiger partial charge is 0.388 e. The van der Waals surface area contributed by atoms with Crippen molar-refractivity contribution in [1.82, 2.24) is 0 Å². The van der Waals surface area contributed by atoms with Crippen molar-refractivity contribution in [2.45, 2.75) is 113 Å². The molecule has 0 aliphatic carbocycles. The van der Waals surface area contributed by atoms with Crippen molar-refractivity contribution in [3.63, 3.8) is 0 Å². The van der Waals surface area contributed by atoms with Crippen LogP contribution in [-0.2, 0) is 28.4 Å². The first kappa shape index (κ1) is 27.1. The van der Waals surface area contributed by atoms with Gasteiger partial charge in [-0.2, -0.15) is 0 Å². The monoisotopic (exact) mass is 484 g/mol. The third-order valence-electron chi connectivity index (χ3n) is 6.42. The summed E-state index contributed by atoms with van der Waals surface area (Å²) >= 11 is 0. The Bertz CT molecular complexity index is 625. The van der Waals surface area contributed by atoms with Gasteiger partial charge in [-0.3, -0.25) is 0 Å². The Balaban J connectivity index is 1.66. The molecule has 0 amide bonds. The fourth-order valence-corrected chi connectivity index (χ4v) is 4.38. The number of ether oxygens (including phenoxy) is 6. The molecular formula is C20H36O13. The van der Waals surface area contributed by atoms with Crippen LogP contribution in [0, 0.1) is 0 Å². The van der Waals surface area contributed by atoms with Crippen LogP contribution in [0.1, 0.15) is 20.8 Å². The molecule has 13 heteroatoms. The molecule has 3 aliphatic heterocycles. The predicted octanol–water partition coefficient (Wildman–Crippen LogP) is -3.79. The van der Waals surface area contributed by atoms with Gasteiger partial charge in [-0.05, 0) is 20.8 Å². The lowest BCUT2D eigenvalue weighted by Crippen LogP contribution is -2.65. The highest BCUT2D eigenvalue weighted by molar-refractivity contribution is 4.95. The summed E-state index contributed by atoms with van der Waals surface area (Å²) < 4.78 is 32.9. The van der Waals surface area contributed by atoms with Crippen molar-refractivity contribution in [3.8, 4) is 0 Å². The van der Waals surface area contributed by atoms with Gasteiger partial charge in [-0.1, -0.05) is 0 Å². The van der Waals surface area contributed by atoms with Gasteiger partial charge in [-0.25, -0.2) is 0 Å². The Morgan fingerprint density at radius 2 is 1.03 bits per heavy atom. The second-order valence-electron chi connectivity index (χ2n) is 8.89. The van der Waals surface area contributed by atoms with Gasteiger partial charge in [0.1, 0.15) is 61.0 Å². The number of hydrogen-bond acceptors (Lipinski definition) is 13. The summed E-state index contributed by atoms with van der Waals surface area (Å²) in [5, 5.41) is 72.1. The number of hydrogen-bond donors (Lipinski definition) is 7. The number of aliphatic hydroxyl groups excluding tert-OH is 7. The molecule has 3 saturated heterocycles. The molecular weight excluding hydrogens is 448 g/mol. The molecule has 0 aromatic rings. The number of rotatable bonds is 6. The quantitative estimate of drug-likeness (QED) is 0.194. The molecule has 3 rings (SSSR count). The fourth-order valence-electron chi connectivity index (χ4n) is 4.38. The first-order valence-electron chi connectivity index (χ1n) is 11.0. The molecule has 0 aromatic carbocycles. The van der Waals surface area contributed by atoms with Crippen LogP contribution in [0.4, 0.5) is 0 Å². The van der Waals surface area contributed by atoms with Crippen molar-refractivity contribution < 1.29 is 64.2 Å². The van der Waals surface area contributed by atoms with Gasteiger partial charge in [0.25, 0.3) is 0 Å². The van der Waals surface area contributed by atoms with Gasteiger partial charge in [0.05, 0.1) is 24.9 Å². The molecule has 13 nitrogen and oxygen atoms in total. The zero-order chi connectivity index (χ0) is 24.6. The van der Waals surface area contributed by atoms with Crippen LogP contribution < -0.4 is 0 Å². The van der Waals surface area contributed by atoms with E-state index in [2.05, 4.69) is 0 Å². The van der Waals surface area contributed by atoms with Crippen molar-refractivity contribution in [1.29, 1.82) is 0 Å². The predicted molar refractivity (Wildman–Crippen MR) is 107 cm³/mol. The van der Waals surface area contributed by atoms with Gasteiger partial charge < -0.3 is 64.2 Å². The highest BCUT2D eigenvalue weighted by Gasteiger charge is 2.51.